The van der Waals surface area contributed by atoms with Gasteiger partial charge in [0.05, 0.1) is 17.7 Å². The molecule has 0 saturated carbocycles. The molecule has 1 heterocycles. The maximum Gasteiger partial charge on any atom is 0.255 e. The Morgan fingerprint density at radius 2 is 1.96 bits per heavy atom. The van der Waals surface area contributed by atoms with Gasteiger partial charge in [0, 0.05) is 6.61 Å². The highest BCUT2D eigenvalue weighted by molar-refractivity contribution is 5.97. The van der Waals surface area contributed by atoms with E-state index in [1.54, 1.807) is 6.07 Å². The molecule has 1 saturated heterocycles. The van der Waals surface area contributed by atoms with E-state index < -0.39 is 0 Å². The van der Waals surface area contributed by atoms with Crippen LogP contribution in [0.3, 0.4) is 0 Å². The Hall–Kier alpha value is -2.33. The van der Waals surface area contributed by atoms with E-state index in [1.807, 2.05) is 55.5 Å². The average molecular weight is 325 g/mol. The van der Waals surface area contributed by atoms with Gasteiger partial charge in [0.15, 0.2) is 0 Å². The summed E-state index contributed by atoms with van der Waals surface area (Å²) in [6.45, 7) is 3.26. The largest absolute Gasteiger partial charge is 0.490 e. The Balaban J connectivity index is 1.65. The summed E-state index contributed by atoms with van der Waals surface area (Å²) in [5.74, 6) is 0.472. The summed E-state index contributed by atoms with van der Waals surface area (Å²) in [6.07, 6.45) is 2.22. The molecule has 3 rings (SSSR count). The molecule has 0 aromatic heterocycles. The van der Waals surface area contributed by atoms with Gasteiger partial charge in [-0.3, -0.25) is 4.79 Å². The van der Waals surface area contributed by atoms with Crippen LogP contribution in [0, 0.1) is 0 Å². The number of rotatable bonds is 6. The summed E-state index contributed by atoms with van der Waals surface area (Å²) in [7, 11) is 0. The molecule has 2 atom stereocenters. The van der Waals surface area contributed by atoms with E-state index in [9.17, 15) is 4.79 Å². The normalized spacial score (nSPS) is 18.1. The standard InChI is InChI=1S/C20H23NO3/c1-15(16-8-3-2-4-9-16)21-20(22)18-11-5-6-12-19(18)24-14-17-10-7-13-23-17/h2-6,8-9,11-12,15,17H,7,10,13-14H2,1H3,(H,21,22). The maximum atomic E-state index is 12.6. The highest BCUT2D eigenvalue weighted by Gasteiger charge is 2.19. The maximum absolute atomic E-state index is 12.6. The quantitative estimate of drug-likeness (QED) is 0.880. The van der Waals surface area contributed by atoms with Crippen LogP contribution in [-0.2, 0) is 4.74 Å². The van der Waals surface area contributed by atoms with Gasteiger partial charge in [0.25, 0.3) is 5.91 Å². The minimum Gasteiger partial charge on any atom is -0.490 e. The molecule has 1 aliphatic rings. The summed E-state index contributed by atoms with van der Waals surface area (Å²) in [5, 5.41) is 3.03. The molecule has 0 spiro atoms. The molecule has 0 bridgehead atoms. The van der Waals surface area contributed by atoms with Crippen LogP contribution in [-0.4, -0.2) is 25.2 Å². The summed E-state index contributed by atoms with van der Waals surface area (Å²) in [6, 6.07) is 17.2. The first-order valence-electron chi connectivity index (χ1n) is 8.43. The fraction of sp³-hybridized carbons (Fsp3) is 0.350. The van der Waals surface area contributed by atoms with E-state index in [2.05, 4.69) is 5.32 Å². The summed E-state index contributed by atoms with van der Waals surface area (Å²) in [4.78, 5) is 12.6. The highest BCUT2D eigenvalue weighted by Crippen LogP contribution is 2.21. The van der Waals surface area contributed by atoms with Crippen molar-refractivity contribution in [3.05, 3.63) is 65.7 Å². The Labute approximate surface area is 142 Å². The van der Waals surface area contributed by atoms with E-state index in [-0.39, 0.29) is 18.1 Å². The van der Waals surface area contributed by atoms with Gasteiger partial charge in [0.1, 0.15) is 12.4 Å². The van der Waals surface area contributed by atoms with Crippen molar-refractivity contribution >= 4 is 5.91 Å². The van der Waals surface area contributed by atoms with Crippen LogP contribution < -0.4 is 10.1 Å². The van der Waals surface area contributed by atoms with Gasteiger partial charge in [-0.2, -0.15) is 0 Å². The molecule has 1 N–H and O–H groups in total. The van der Waals surface area contributed by atoms with E-state index in [4.69, 9.17) is 9.47 Å². The van der Waals surface area contributed by atoms with Gasteiger partial charge in [-0.1, -0.05) is 42.5 Å². The SMILES string of the molecule is CC(NC(=O)c1ccccc1OCC1CCCO1)c1ccccc1. The second-order valence-corrected chi connectivity index (χ2v) is 6.05. The Bertz CT molecular complexity index is 666. The van der Waals surface area contributed by atoms with Gasteiger partial charge >= 0.3 is 0 Å². The lowest BCUT2D eigenvalue weighted by Gasteiger charge is -2.17. The van der Waals surface area contributed by atoms with Crippen LogP contribution in [0.15, 0.2) is 54.6 Å². The van der Waals surface area contributed by atoms with Gasteiger partial charge < -0.3 is 14.8 Å². The monoisotopic (exact) mass is 325 g/mol. The van der Waals surface area contributed by atoms with E-state index in [0.29, 0.717) is 17.9 Å². The van der Waals surface area contributed by atoms with Crippen molar-refractivity contribution < 1.29 is 14.3 Å². The molecule has 4 nitrogen and oxygen atoms in total. The minimum absolute atomic E-state index is 0.0649. The second kappa shape index (κ2) is 7.97. The minimum atomic E-state index is -0.130. The van der Waals surface area contributed by atoms with Crippen molar-refractivity contribution in [3.8, 4) is 5.75 Å². The van der Waals surface area contributed by atoms with Crippen molar-refractivity contribution in [2.24, 2.45) is 0 Å². The number of carbonyl (C=O) groups excluding carboxylic acids is 1. The van der Waals surface area contributed by atoms with Crippen LogP contribution in [0.2, 0.25) is 0 Å². The van der Waals surface area contributed by atoms with Crippen molar-refractivity contribution in [1.82, 2.24) is 5.32 Å². The first kappa shape index (κ1) is 16.5. The highest BCUT2D eigenvalue weighted by atomic mass is 16.5. The fourth-order valence-corrected chi connectivity index (χ4v) is 2.84. The second-order valence-electron chi connectivity index (χ2n) is 6.05. The molecule has 4 heteroatoms. The number of nitrogens with one attached hydrogen (secondary N) is 1. The third-order valence-corrected chi connectivity index (χ3v) is 4.23. The molecule has 0 radical (unpaired) electrons. The van der Waals surface area contributed by atoms with Crippen molar-refractivity contribution in [3.63, 3.8) is 0 Å². The van der Waals surface area contributed by atoms with Gasteiger partial charge in [0.2, 0.25) is 0 Å². The number of benzene rings is 2. The van der Waals surface area contributed by atoms with E-state index >= 15 is 0 Å². The predicted octanol–water partition coefficient (Wildman–Crippen LogP) is 3.74. The molecule has 126 valence electrons. The zero-order chi connectivity index (χ0) is 16.8. The molecular formula is C20H23NO3. The molecule has 24 heavy (non-hydrogen) atoms. The Kier molecular flexibility index (Phi) is 5.49. The summed E-state index contributed by atoms with van der Waals surface area (Å²) in [5.41, 5.74) is 1.63. The molecule has 2 aromatic carbocycles. The van der Waals surface area contributed by atoms with Crippen molar-refractivity contribution in [2.75, 3.05) is 13.2 Å². The average Bonchev–Trinajstić information content (AvgIpc) is 3.14. The topological polar surface area (TPSA) is 47.6 Å². The number of para-hydroxylation sites is 1. The van der Waals surface area contributed by atoms with Crippen LogP contribution in [0.25, 0.3) is 0 Å². The molecule has 1 amide bonds. The number of amides is 1. The molecule has 1 fully saturated rings. The van der Waals surface area contributed by atoms with Crippen LogP contribution >= 0.6 is 0 Å². The molecular weight excluding hydrogens is 302 g/mol. The molecule has 2 aromatic rings. The van der Waals surface area contributed by atoms with E-state index in [0.717, 1.165) is 25.0 Å². The lowest BCUT2D eigenvalue weighted by molar-refractivity contribution is 0.0670. The smallest absolute Gasteiger partial charge is 0.255 e. The zero-order valence-electron chi connectivity index (χ0n) is 13.9. The Morgan fingerprint density at radius 1 is 1.21 bits per heavy atom. The number of carbonyl (C=O) groups is 1. The number of ether oxygens (including phenoxy) is 2. The fourth-order valence-electron chi connectivity index (χ4n) is 2.84. The van der Waals surface area contributed by atoms with Crippen LogP contribution in [0.5, 0.6) is 5.75 Å². The number of hydrogen-bond donors (Lipinski definition) is 1. The summed E-state index contributed by atoms with van der Waals surface area (Å²) >= 11 is 0. The lowest BCUT2D eigenvalue weighted by Crippen LogP contribution is -2.27. The van der Waals surface area contributed by atoms with Gasteiger partial charge in [-0.05, 0) is 37.5 Å². The van der Waals surface area contributed by atoms with Crippen molar-refractivity contribution in [1.29, 1.82) is 0 Å². The lowest BCUT2D eigenvalue weighted by atomic mass is 10.1. The van der Waals surface area contributed by atoms with Gasteiger partial charge in [-0.15, -0.1) is 0 Å². The van der Waals surface area contributed by atoms with Crippen LogP contribution in [0.4, 0.5) is 0 Å². The zero-order valence-corrected chi connectivity index (χ0v) is 13.9. The third-order valence-electron chi connectivity index (χ3n) is 4.23. The molecule has 2 unspecified atom stereocenters. The van der Waals surface area contributed by atoms with Crippen LogP contribution in [0.1, 0.15) is 41.7 Å². The van der Waals surface area contributed by atoms with Crippen molar-refractivity contribution in [2.45, 2.75) is 31.9 Å². The van der Waals surface area contributed by atoms with E-state index in [1.165, 1.54) is 0 Å². The molecule has 0 aliphatic carbocycles. The first-order chi connectivity index (χ1) is 11.7. The Morgan fingerprint density at radius 3 is 2.71 bits per heavy atom. The predicted molar refractivity (Wildman–Crippen MR) is 93.2 cm³/mol. The molecule has 1 aliphatic heterocycles. The summed E-state index contributed by atoms with van der Waals surface area (Å²) < 4.78 is 11.4. The number of hydrogen-bond acceptors (Lipinski definition) is 3. The third kappa shape index (κ3) is 4.15. The van der Waals surface area contributed by atoms with Gasteiger partial charge in [-0.25, -0.2) is 0 Å². The first-order valence-corrected chi connectivity index (χ1v) is 8.43.